The molecule has 2 rings (SSSR count). The van der Waals surface area contributed by atoms with Crippen LogP contribution in [0, 0.1) is 16.0 Å². The lowest BCUT2D eigenvalue weighted by Gasteiger charge is -2.20. The maximum absolute atomic E-state index is 11.9. The maximum Gasteiger partial charge on any atom is 0.293 e. The van der Waals surface area contributed by atoms with Crippen molar-refractivity contribution in [3.8, 4) is 0 Å². The zero-order valence-electron chi connectivity index (χ0n) is 14.9. The second-order valence-corrected chi connectivity index (χ2v) is 8.71. The Bertz CT molecular complexity index is 758. The summed E-state index contributed by atoms with van der Waals surface area (Å²) in [6.45, 7) is 0.659. The third-order valence-corrected chi connectivity index (χ3v) is 5.67. The lowest BCUT2D eigenvalue weighted by atomic mass is 9.87. The molecule has 8 nitrogen and oxygen atoms in total. The number of nitrogens with one attached hydrogen (secondary N) is 2. The summed E-state index contributed by atoms with van der Waals surface area (Å²) in [6, 6.07) is 3.74. The number of benzene rings is 1. The number of nitro groups is 1. The van der Waals surface area contributed by atoms with E-state index in [1.54, 1.807) is 0 Å². The fraction of sp³-hybridized carbons (Fsp3) is 0.588. The molecule has 1 saturated carbocycles. The van der Waals surface area contributed by atoms with Crippen LogP contribution in [-0.4, -0.2) is 38.6 Å². The smallest absolute Gasteiger partial charge is 0.293 e. The third kappa shape index (κ3) is 5.98. The fourth-order valence-corrected chi connectivity index (χ4v) is 3.81. The van der Waals surface area contributed by atoms with Crippen molar-refractivity contribution < 1.29 is 18.1 Å². The van der Waals surface area contributed by atoms with Gasteiger partial charge in [-0.3, -0.25) is 14.9 Å². The number of sulfone groups is 1. The molecule has 0 bridgehead atoms. The summed E-state index contributed by atoms with van der Waals surface area (Å²) >= 11 is 0. The van der Waals surface area contributed by atoms with Gasteiger partial charge in [0.1, 0.15) is 5.69 Å². The van der Waals surface area contributed by atoms with Crippen LogP contribution in [0.1, 0.15) is 38.5 Å². The number of carbonyl (C=O) groups excluding carboxylic acids is 1. The molecule has 1 aliphatic carbocycles. The first kappa shape index (κ1) is 20.2. The van der Waals surface area contributed by atoms with Gasteiger partial charge in [0.15, 0.2) is 9.84 Å². The third-order valence-electron chi connectivity index (χ3n) is 4.56. The molecule has 0 spiro atoms. The minimum absolute atomic E-state index is 0.000578. The van der Waals surface area contributed by atoms with Gasteiger partial charge in [-0.25, -0.2) is 8.42 Å². The zero-order chi connectivity index (χ0) is 19.2. The number of hydrogen-bond acceptors (Lipinski definition) is 6. The summed E-state index contributed by atoms with van der Waals surface area (Å²) in [5.74, 6) is 0.460. The van der Waals surface area contributed by atoms with E-state index < -0.39 is 14.8 Å². The van der Waals surface area contributed by atoms with Crippen LogP contribution in [0.2, 0.25) is 0 Å². The highest BCUT2D eigenvalue weighted by atomic mass is 32.2. The Kier molecular flexibility index (Phi) is 6.96. The summed E-state index contributed by atoms with van der Waals surface area (Å²) in [5, 5.41) is 16.9. The molecule has 0 saturated heterocycles. The molecule has 1 amide bonds. The molecule has 0 aromatic heterocycles. The number of hydrogen-bond donors (Lipinski definition) is 2. The molecular formula is C17H25N3O5S. The van der Waals surface area contributed by atoms with E-state index in [0.29, 0.717) is 25.4 Å². The average molecular weight is 383 g/mol. The summed E-state index contributed by atoms with van der Waals surface area (Å²) in [4.78, 5) is 22.4. The van der Waals surface area contributed by atoms with E-state index in [-0.39, 0.29) is 22.2 Å². The summed E-state index contributed by atoms with van der Waals surface area (Å²) < 4.78 is 23.1. The van der Waals surface area contributed by atoms with Crippen LogP contribution in [0.15, 0.2) is 23.1 Å². The second kappa shape index (κ2) is 8.98. The molecule has 2 N–H and O–H groups in total. The Morgan fingerprint density at radius 1 is 1.23 bits per heavy atom. The molecule has 26 heavy (non-hydrogen) atoms. The van der Waals surface area contributed by atoms with Gasteiger partial charge >= 0.3 is 0 Å². The van der Waals surface area contributed by atoms with E-state index in [0.717, 1.165) is 25.2 Å². The molecule has 1 fully saturated rings. The van der Waals surface area contributed by atoms with E-state index >= 15 is 0 Å². The molecule has 0 heterocycles. The van der Waals surface area contributed by atoms with Crippen LogP contribution in [0.5, 0.6) is 0 Å². The maximum atomic E-state index is 11.9. The predicted octanol–water partition coefficient (Wildman–Crippen LogP) is 2.50. The van der Waals surface area contributed by atoms with Crippen LogP contribution in [0.25, 0.3) is 0 Å². The molecular weight excluding hydrogens is 358 g/mol. The molecule has 0 atom stereocenters. The Balaban J connectivity index is 1.85. The minimum Gasteiger partial charge on any atom is -0.378 e. The van der Waals surface area contributed by atoms with Crippen molar-refractivity contribution in [3.63, 3.8) is 0 Å². The zero-order valence-corrected chi connectivity index (χ0v) is 15.7. The van der Waals surface area contributed by atoms with Gasteiger partial charge < -0.3 is 10.6 Å². The molecule has 0 radical (unpaired) electrons. The first-order chi connectivity index (χ1) is 12.3. The molecule has 0 aliphatic heterocycles. The Morgan fingerprint density at radius 2 is 1.92 bits per heavy atom. The van der Waals surface area contributed by atoms with Gasteiger partial charge in [0, 0.05) is 31.8 Å². The Hall–Kier alpha value is -2.16. The number of rotatable bonds is 8. The highest BCUT2D eigenvalue weighted by molar-refractivity contribution is 7.90. The fourth-order valence-electron chi connectivity index (χ4n) is 3.17. The van der Waals surface area contributed by atoms with E-state index in [1.165, 1.54) is 31.4 Å². The van der Waals surface area contributed by atoms with Gasteiger partial charge in [-0.1, -0.05) is 19.3 Å². The molecule has 144 valence electrons. The van der Waals surface area contributed by atoms with Crippen LogP contribution in [0.3, 0.4) is 0 Å². The van der Waals surface area contributed by atoms with Crippen LogP contribution in [-0.2, 0) is 14.6 Å². The number of nitrogens with zero attached hydrogens (tertiary/aromatic N) is 1. The van der Waals surface area contributed by atoms with Gasteiger partial charge in [-0.15, -0.1) is 0 Å². The quantitative estimate of drug-likeness (QED) is 0.404. The standard InChI is InChI=1S/C17H25N3O5S/c1-26(24,25)14-7-8-15(16(12-14)20(22)23)18-9-10-19-17(21)11-13-5-3-2-4-6-13/h7-8,12-13,18H,2-6,9-11H2,1H3,(H,19,21). The van der Waals surface area contributed by atoms with Crippen molar-refractivity contribution in [3.05, 3.63) is 28.3 Å². The SMILES string of the molecule is CS(=O)(=O)c1ccc(NCCNC(=O)CC2CCCCC2)c([N+](=O)[O-])c1. The van der Waals surface area contributed by atoms with Crippen LogP contribution >= 0.6 is 0 Å². The lowest BCUT2D eigenvalue weighted by Crippen LogP contribution is -2.30. The largest absolute Gasteiger partial charge is 0.378 e. The number of nitro benzene ring substituents is 1. The number of amides is 1. The topological polar surface area (TPSA) is 118 Å². The molecule has 1 aliphatic rings. The highest BCUT2D eigenvalue weighted by Gasteiger charge is 2.19. The van der Waals surface area contributed by atoms with Crippen molar-refractivity contribution in [1.82, 2.24) is 5.32 Å². The van der Waals surface area contributed by atoms with Crippen molar-refractivity contribution in [2.45, 2.75) is 43.4 Å². The molecule has 1 aromatic rings. The van der Waals surface area contributed by atoms with Gasteiger partial charge in [-0.05, 0) is 30.9 Å². The van der Waals surface area contributed by atoms with E-state index in [4.69, 9.17) is 0 Å². The molecule has 9 heteroatoms. The molecule has 1 aromatic carbocycles. The number of carbonyl (C=O) groups is 1. The normalized spacial score (nSPS) is 15.4. The first-order valence-corrected chi connectivity index (χ1v) is 10.7. The van der Waals surface area contributed by atoms with Crippen LogP contribution < -0.4 is 10.6 Å². The van der Waals surface area contributed by atoms with E-state index in [9.17, 15) is 23.3 Å². The van der Waals surface area contributed by atoms with Crippen molar-refractivity contribution in [2.75, 3.05) is 24.7 Å². The van der Waals surface area contributed by atoms with E-state index in [2.05, 4.69) is 10.6 Å². The first-order valence-electron chi connectivity index (χ1n) is 8.76. The summed E-state index contributed by atoms with van der Waals surface area (Å²) in [7, 11) is -3.52. The van der Waals surface area contributed by atoms with Gasteiger partial charge in [0.05, 0.1) is 9.82 Å². The lowest BCUT2D eigenvalue weighted by molar-refractivity contribution is -0.384. The van der Waals surface area contributed by atoms with E-state index in [1.807, 2.05) is 0 Å². The molecule has 0 unspecified atom stereocenters. The monoisotopic (exact) mass is 383 g/mol. The second-order valence-electron chi connectivity index (χ2n) is 6.69. The van der Waals surface area contributed by atoms with Crippen molar-refractivity contribution in [1.29, 1.82) is 0 Å². The predicted molar refractivity (Wildman–Crippen MR) is 98.9 cm³/mol. The van der Waals surface area contributed by atoms with Gasteiger partial charge in [0.25, 0.3) is 5.69 Å². The van der Waals surface area contributed by atoms with Crippen molar-refractivity contribution in [2.24, 2.45) is 5.92 Å². The Labute approximate surface area is 153 Å². The van der Waals surface area contributed by atoms with Gasteiger partial charge in [-0.2, -0.15) is 0 Å². The minimum atomic E-state index is -3.52. The number of anilines is 1. The van der Waals surface area contributed by atoms with Crippen LogP contribution in [0.4, 0.5) is 11.4 Å². The van der Waals surface area contributed by atoms with Crippen molar-refractivity contribution >= 4 is 27.1 Å². The average Bonchev–Trinajstić information content (AvgIpc) is 2.58. The highest BCUT2D eigenvalue weighted by Crippen LogP contribution is 2.27. The summed E-state index contributed by atoms with van der Waals surface area (Å²) in [5.41, 5.74) is -0.0783. The summed E-state index contributed by atoms with van der Waals surface area (Å²) in [6.07, 6.45) is 7.36. The van der Waals surface area contributed by atoms with Gasteiger partial charge in [0.2, 0.25) is 5.91 Å². The Morgan fingerprint density at radius 3 is 2.54 bits per heavy atom.